The van der Waals surface area contributed by atoms with Crippen molar-refractivity contribution in [1.29, 1.82) is 0 Å². The summed E-state index contributed by atoms with van der Waals surface area (Å²) in [4.78, 5) is 52.7. The smallest absolute Gasteiger partial charge is 0.306 e. The van der Waals surface area contributed by atoms with E-state index < -0.39 is 69.0 Å². The molecule has 0 saturated heterocycles. The van der Waals surface area contributed by atoms with Gasteiger partial charge in [0.05, 0.1) is 19.0 Å². The van der Waals surface area contributed by atoms with E-state index >= 15 is 8.78 Å². The Balaban J connectivity index is 1.52. The molecule has 9 atom stereocenters. The number of alkyl halides is 2. The number of thioether (sulfide) groups is 1. The molecule has 0 unspecified atom stereocenters. The van der Waals surface area contributed by atoms with Gasteiger partial charge in [0.25, 0.3) is 0 Å². The minimum Gasteiger partial charge on any atom is -0.497 e. The molecule has 44 heavy (non-hydrogen) atoms. The van der Waals surface area contributed by atoms with Gasteiger partial charge in [-0.05, 0) is 80.5 Å². The van der Waals surface area contributed by atoms with Crippen molar-refractivity contribution in [3.63, 3.8) is 0 Å². The first-order valence-electron chi connectivity index (χ1n) is 15.2. The van der Waals surface area contributed by atoms with Crippen LogP contribution in [0.25, 0.3) is 0 Å². The van der Waals surface area contributed by atoms with E-state index in [1.165, 1.54) is 26.2 Å². The molecule has 0 heterocycles. The number of allylic oxidation sites excluding steroid dienone is 4. The first-order valence-corrected chi connectivity index (χ1v) is 16.2. The fourth-order valence-electron chi connectivity index (χ4n) is 8.75. The molecule has 0 aromatic heterocycles. The van der Waals surface area contributed by atoms with Crippen molar-refractivity contribution in [2.24, 2.45) is 28.6 Å². The predicted molar refractivity (Wildman–Crippen MR) is 162 cm³/mol. The van der Waals surface area contributed by atoms with Crippen LogP contribution in [0, 0.1) is 28.6 Å². The van der Waals surface area contributed by atoms with Crippen LogP contribution in [0.2, 0.25) is 0 Å². The maximum absolute atomic E-state index is 17.6. The van der Waals surface area contributed by atoms with Crippen LogP contribution in [0.3, 0.4) is 0 Å². The number of fused-ring (bicyclic) bond motifs is 5. The number of aliphatic hydroxyl groups is 1. The maximum Gasteiger partial charge on any atom is 0.306 e. The first-order chi connectivity index (χ1) is 20.7. The summed E-state index contributed by atoms with van der Waals surface area (Å²) in [6, 6.07) is 6.49. The van der Waals surface area contributed by atoms with Gasteiger partial charge in [0.1, 0.15) is 11.9 Å². The number of aliphatic hydroxyl groups excluding tert-OH is 1. The molecule has 1 N–H and O–H groups in total. The number of carbonyl (C=O) groups excluding carboxylic acids is 4. The summed E-state index contributed by atoms with van der Waals surface area (Å²) in [5.41, 5.74) is -6.53. The SMILES string of the molecule is CCCC(=O)O[C@]1(C(=O)SCC(=O)c2ccc(OC)cc2)[C@H](C)C[C@H]2[C@@H]3C[C@H](F)C4=CC(=O)C=C[C@]4(C)[C@@]3(F)[C@@H](O)C[C@@]21C. The summed E-state index contributed by atoms with van der Waals surface area (Å²) in [6.45, 7) is 6.82. The minimum absolute atomic E-state index is 0.0155. The monoisotopic (exact) mass is 630 g/mol. The van der Waals surface area contributed by atoms with Crippen LogP contribution in [0.1, 0.15) is 70.2 Å². The van der Waals surface area contributed by atoms with Gasteiger partial charge in [-0.1, -0.05) is 38.6 Å². The van der Waals surface area contributed by atoms with Gasteiger partial charge in [-0.25, -0.2) is 8.78 Å². The van der Waals surface area contributed by atoms with Crippen molar-refractivity contribution in [3.05, 3.63) is 53.6 Å². The Kier molecular flexibility index (Phi) is 8.51. The Bertz CT molecular complexity index is 1420. The van der Waals surface area contributed by atoms with Crippen molar-refractivity contribution >= 4 is 34.4 Å². The number of hydrogen-bond acceptors (Lipinski definition) is 8. The molecule has 0 radical (unpaired) electrons. The molecule has 3 saturated carbocycles. The van der Waals surface area contributed by atoms with Gasteiger partial charge >= 0.3 is 5.97 Å². The lowest BCUT2D eigenvalue weighted by atomic mass is 9.44. The normalized spacial score (nSPS) is 39.0. The van der Waals surface area contributed by atoms with Crippen molar-refractivity contribution in [2.75, 3.05) is 12.9 Å². The highest BCUT2D eigenvalue weighted by molar-refractivity contribution is 8.14. The van der Waals surface area contributed by atoms with Crippen molar-refractivity contribution in [2.45, 2.75) is 83.3 Å². The van der Waals surface area contributed by atoms with Crippen molar-refractivity contribution in [1.82, 2.24) is 0 Å². The Morgan fingerprint density at radius 3 is 2.43 bits per heavy atom. The molecule has 3 fully saturated rings. The zero-order chi connectivity index (χ0) is 32.2. The lowest BCUT2D eigenvalue weighted by Gasteiger charge is -2.63. The van der Waals surface area contributed by atoms with Crippen molar-refractivity contribution < 1.29 is 42.5 Å². The summed E-state index contributed by atoms with van der Waals surface area (Å²) in [5, 5.41) is 11.2. The quantitative estimate of drug-likeness (QED) is 0.285. The third-order valence-electron chi connectivity index (χ3n) is 10.9. The molecule has 4 aliphatic carbocycles. The third-order valence-corrected chi connectivity index (χ3v) is 11.9. The van der Waals surface area contributed by atoms with Crippen LogP contribution >= 0.6 is 11.8 Å². The summed E-state index contributed by atoms with van der Waals surface area (Å²) in [6.07, 6.45) is 0.712. The number of methoxy groups -OCH3 is 1. The second-order valence-corrected chi connectivity index (χ2v) is 14.1. The minimum atomic E-state index is -2.33. The highest BCUT2D eigenvalue weighted by Gasteiger charge is 2.78. The molecular weight excluding hydrogens is 590 g/mol. The number of halogens is 2. The van der Waals surface area contributed by atoms with E-state index in [1.807, 2.05) is 0 Å². The summed E-state index contributed by atoms with van der Waals surface area (Å²) in [7, 11) is 1.51. The molecule has 1 aromatic carbocycles. The molecule has 0 aliphatic heterocycles. The fraction of sp³-hybridized carbons (Fsp3) is 0.588. The Hall–Kier alpha value is -2.85. The van der Waals surface area contributed by atoms with E-state index in [1.54, 1.807) is 45.0 Å². The molecule has 7 nitrogen and oxygen atoms in total. The van der Waals surface area contributed by atoms with E-state index in [4.69, 9.17) is 9.47 Å². The highest BCUT2D eigenvalue weighted by atomic mass is 32.2. The van der Waals surface area contributed by atoms with E-state index in [2.05, 4.69) is 0 Å². The van der Waals surface area contributed by atoms with E-state index in [0.717, 1.165) is 17.8 Å². The molecule has 5 rings (SSSR count). The molecule has 238 valence electrons. The number of ether oxygens (including phenoxy) is 2. The fourth-order valence-corrected chi connectivity index (χ4v) is 9.87. The average Bonchev–Trinajstić information content (AvgIpc) is 3.20. The van der Waals surface area contributed by atoms with Gasteiger partial charge in [0.2, 0.25) is 5.12 Å². The molecule has 0 amide bonds. The number of benzene rings is 1. The van der Waals surface area contributed by atoms with Gasteiger partial charge < -0.3 is 14.6 Å². The van der Waals surface area contributed by atoms with E-state index in [-0.39, 0.29) is 42.8 Å². The molecular formula is C34H40F2O7S. The van der Waals surface area contributed by atoms with Gasteiger partial charge in [-0.2, -0.15) is 0 Å². The van der Waals surface area contributed by atoms with Crippen LogP contribution in [0.15, 0.2) is 48.1 Å². The number of ketones is 2. The van der Waals surface area contributed by atoms with E-state index in [0.29, 0.717) is 17.7 Å². The summed E-state index contributed by atoms with van der Waals surface area (Å²) >= 11 is 0.747. The topological polar surface area (TPSA) is 107 Å². The van der Waals surface area contributed by atoms with Gasteiger partial charge in [-0.15, -0.1) is 0 Å². The largest absolute Gasteiger partial charge is 0.497 e. The number of carbonyl (C=O) groups is 4. The molecule has 1 aromatic rings. The number of Topliss-reactive ketones (excluding diaryl/α,β-unsaturated/α-hetero) is 1. The van der Waals surface area contributed by atoms with Crippen LogP contribution in [-0.4, -0.2) is 64.2 Å². The Morgan fingerprint density at radius 1 is 1.11 bits per heavy atom. The number of esters is 1. The van der Waals surface area contributed by atoms with Crippen molar-refractivity contribution in [3.8, 4) is 5.75 Å². The average molecular weight is 631 g/mol. The first kappa shape index (κ1) is 32.5. The Morgan fingerprint density at radius 2 is 1.80 bits per heavy atom. The third kappa shape index (κ3) is 4.61. The van der Waals surface area contributed by atoms with Gasteiger partial charge in [0, 0.05) is 34.7 Å². The van der Waals surface area contributed by atoms with Crippen LogP contribution in [-0.2, 0) is 19.1 Å². The molecule has 4 aliphatic rings. The standard InChI is InChI=1S/C34H40F2O7S/c1-6-7-29(40)43-34(30(41)44-18-27(38)20-8-10-22(42-5)11-9-20)19(2)14-23-24-16-26(35)25-15-21(37)12-13-31(25,3)33(24,36)28(39)17-32(23,34)4/h8-13,15,19,23-24,26,28,39H,6-7,14,16-18H2,1-5H3/t19-,23+,24+,26+,28+,31+,32+,33+,34+/m1/s1. The molecule has 10 heteroatoms. The van der Waals surface area contributed by atoms with Crippen LogP contribution < -0.4 is 4.74 Å². The number of rotatable bonds is 8. The van der Waals surface area contributed by atoms with Gasteiger partial charge in [0.15, 0.2) is 22.8 Å². The number of hydrogen-bond donors (Lipinski definition) is 1. The summed E-state index contributed by atoms with van der Waals surface area (Å²) in [5.74, 6) is -3.24. The zero-order valence-electron chi connectivity index (χ0n) is 25.7. The lowest BCUT2D eigenvalue weighted by molar-refractivity contribution is -0.228. The maximum atomic E-state index is 17.6. The molecule has 0 spiro atoms. The second kappa shape index (κ2) is 11.5. The summed E-state index contributed by atoms with van der Waals surface area (Å²) < 4.78 is 44.8. The highest BCUT2D eigenvalue weighted by Crippen LogP contribution is 2.72. The van der Waals surface area contributed by atoms with E-state index in [9.17, 15) is 24.3 Å². The van der Waals surface area contributed by atoms with Crippen LogP contribution in [0.5, 0.6) is 5.75 Å². The second-order valence-electron chi connectivity index (χ2n) is 13.2. The van der Waals surface area contributed by atoms with Crippen LogP contribution in [0.4, 0.5) is 8.78 Å². The zero-order valence-corrected chi connectivity index (χ0v) is 26.5. The Labute approximate surface area is 260 Å². The van der Waals surface area contributed by atoms with Gasteiger partial charge in [-0.3, -0.25) is 19.2 Å². The lowest BCUT2D eigenvalue weighted by Crippen LogP contribution is -2.70. The predicted octanol–water partition coefficient (Wildman–Crippen LogP) is 5.78. The molecule has 0 bridgehead atoms.